The number of hydrogen-bond donors (Lipinski definition) is 2. The van der Waals surface area contributed by atoms with E-state index in [1.807, 2.05) is 0 Å². The summed E-state index contributed by atoms with van der Waals surface area (Å²) in [4.78, 5) is 0. The Labute approximate surface area is 105 Å². The predicted molar refractivity (Wildman–Crippen MR) is 63.0 cm³/mol. The first kappa shape index (κ1) is 12.1. The third kappa shape index (κ3) is 1.94. The molecule has 7 nitrogen and oxygen atoms in total. The fourth-order valence-electron chi connectivity index (χ4n) is 2.43. The predicted octanol–water partition coefficient (Wildman–Crippen LogP) is -0.420. The molecule has 2 N–H and O–H groups in total. The molecular formula is C10H16N4O3S. The van der Waals surface area contributed by atoms with E-state index in [2.05, 4.69) is 15.4 Å². The summed E-state index contributed by atoms with van der Waals surface area (Å²) in [7, 11) is -3.24. The van der Waals surface area contributed by atoms with E-state index in [9.17, 15) is 13.5 Å². The standard InChI is InChI=1S/C10H16N4O3S/c15-10(9-6-11-13-12-9)4-1-5-14(7-10)18(16,17)8-2-3-8/h6,8,15H,1-5,7H2,(H,11,12,13). The van der Waals surface area contributed by atoms with Crippen LogP contribution in [-0.4, -0.2) is 51.6 Å². The van der Waals surface area contributed by atoms with Gasteiger partial charge in [-0.25, -0.2) is 8.42 Å². The minimum atomic E-state index is -3.24. The van der Waals surface area contributed by atoms with Crippen LogP contribution in [0.4, 0.5) is 0 Å². The Kier molecular flexibility index (Phi) is 2.68. The molecule has 1 aliphatic heterocycles. The van der Waals surface area contributed by atoms with Crippen molar-refractivity contribution in [2.75, 3.05) is 13.1 Å². The van der Waals surface area contributed by atoms with Crippen LogP contribution in [0.25, 0.3) is 0 Å². The second-order valence-electron chi connectivity index (χ2n) is 5.07. The van der Waals surface area contributed by atoms with Crippen LogP contribution in [0.5, 0.6) is 0 Å². The highest BCUT2D eigenvalue weighted by molar-refractivity contribution is 7.90. The number of rotatable bonds is 3. The Balaban J connectivity index is 1.84. The van der Waals surface area contributed by atoms with E-state index in [0.717, 1.165) is 12.8 Å². The molecule has 1 aromatic rings. The molecule has 2 heterocycles. The minimum Gasteiger partial charge on any atom is -0.382 e. The summed E-state index contributed by atoms with van der Waals surface area (Å²) in [6, 6.07) is 0. The van der Waals surface area contributed by atoms with Gasteiger partial charge in [-0.3, -0.25) is 0 Å². The van der Waals surface area contributed by atoms with Gasteiger partial charge in [-0.2, -0.15) is 19.7 Å². The largest absolute Gasteiger partial charge is 0.382 e. The number of β-amino-alcohol motifs (C(OH)–C–C–N with tert-alkyl or cyclic N) is 1. The van der Waals surface area contributed by atoms with Crippen LogP contribution < -0.4 is 0 Å². The van der Waals surface area contributed by atoms with Gasteiger partial charge in [0.25, 0.3) is 0 Å². The molecule has 1 atom stereocenters. The molecule has 3 rings (SSSR count). The van der Waals surface area contributed by atoms with Gasteiger partial charge in [-0.15, -0.1) is 0 Å². The van der Waals surface area contributed by atoms with E-state index in [1.54, 1.807) is 0 Å². The van der Waals surface area contributed by atoms with Crippen LogP contribution in [-0.2, 0) is 15.6 Å². The van der Waals surface area contributed by atoms with E-state index < -0.39 is 15.6 Å². The minimum absolute atomic E-state index is 0.0817. The van der Waals surface area contributed by atoms with Crippen molar-refractivity contribution in [2.24, 2.45) is 0 Å². The molecule has 1 aromatic heterocycles. The molecule has 0 amide bonds. The van der Waals surface area contributed by atoms with E-state index in [4.69, 9.17) is 0 Å². The van der Waals surface area contributed by atoms with Crippen molar-refractivity contribution >= 4 is 10.0 Å². The second kappa shape index (κ2) is 4.01. The zero-order chi connectivity index (χ0) is 12.8. The smallest absolute Gasteiger partial charge is 0.217 e. The fraction of sp³-hybridized carbons (Fsp3) is 0.800. The third-order valence-corrected chi connectivity index (χ3v) is 5.98. The molecule has 100 valence electrons. The van der Waals surface area contributed by atoms with Gasteiger partial charge in [0.1, 0.15) is 11.3 Å². The Morgan fingerprint density at radius 3 is 2.89 bits per heavy atom. The quantitative estimate of drug-likeness (QED) is 0.778. The lowest BCUT2D eigenvalue weighted by Gasteiger charge is -2.37. The van der Waals surface area contributed by atoms with Crippen LogP contribution in [0.15, 0.2) is 6.20 Å². The highest BCUT2D eigenvalue weighted by Gasteiger charge is 2.46. The Morgan fingerprint density at radius 2 is 2.28 bits per heavy atom. The number of aromatic nitrogens is 3. The van der Waals surface area contributed by atoms with E-state index in [1.165, 1.54) is 10.5 Å². The maximum Gasteiger partial charge on any atom is 0.217 e. The van der Waals surface area contributed by atoms with Gasteiger partial charge >= 0.3 is 0 Å². The number of aliphatic hydroxyl groups is 1. The zero-order valence-electron chi connectivity index (χ0n) is 9.91. The average molecular weight is 272 g/mol. The first-order valence-electron chi connectivity index (χ1n) is 6.10. The molecule has 8 heteroatoms. The maximum atomic E-state index is 12.2. The van der Waals surface area contributed by atoms with Crippen LogP contribution in [0.2, 0.25) is 0 Å². The van der Waals surface area contributed by atoms with Crippen molar-refractivity contribution in [3.05, 3.63) is 11.9 Å². The van der Waals surface area contributed by atoms with Crippen molar-refractivity contribution in [1.82, 2.24) is 19.7 Å². The summed E-state index contributed by atoms with van der Waals surface area (Å²) in [5, 5.41) is 20.3. The van der Waals surface area contributed by atoms with E-state index in [-0.39, 0.29) is 11.8 Å². The van der Waals surface area contributed by atoms with E-state index in [0.29, 0.717) is 25.1 Å². The number of H-pyrrole nitrogens is 1. The Bertz CT molecular complexity index is 525. The van der Waals surface area contributed by atoms with Gasteiger partial charge in [0.2, 0.25) is 10.0 Å². The molecule has 1 saturated heterocycles. The number of aromatic amines is 1. The SMILES string of the molecule is O=S(=O)(C1CC1)N1CCCC(O)(c2cn[nH]n2)C1. The molecule has 0 radical (unpaired) electrons. The van der Waals surface area contributed by atoms with Gasteiger partial charge in [0.15, 0.2) is 0 Å². The molecule has 2 aliphatic rings. The normalized spacial score (nSPS) is 30.5. The lowest BCUT2D eigenvalue weighted by Crippen LogP contribution is -2.49. The van der Waals surface area contributed by atoms with Crippen LogP contribution in [0.3, 0.4) is 0 Å². The van der Waals surface area contributed by atoms with Crippen LogP contribution in [0.1, 0.15) is 31.4 Å². The average Bonchev–Trinajstić information content (AvgIpc) is 3.05. The highest BCUT2D eigenvalue weighted by atomic mass is 32.2. The molecule has 1 aliphatic carbocycles. The van der Waals surface area contributed by atoms with Gasteiger partial charge < -0.3 is 5.11 Å². The fourth-order valence-corrected chi connectivity index (χ4v) is 4.36. The number of sulfonamides is 1. The molecule has 0 aromatic carbocycles. The van der Waals surface area contributed by atoms with Gasteiger partial charge in [0.05, 0.1) is 11.4 Å². The summed E-state index contributed by atoms with van der Waals surface area (Å²) in [5.74, 6) is 0. The van der Waals surface area contributed by atoms with Gasteiger partial charge in [-0.05, 0) is 25.7 Å². The molecular weight excluding hydrogens is 256 g/mol. The maximum absolute atomic E-state index is 12.2. The number of piperidine rings is 1. The first-order valence-corrected chi connectivity index (χ1v) is 7.60. The monoisotopic (exact) mass is 272 g/mol. The first-order chi connectivity index (χ1) is 8.52. The van der Waals surface area contributed by atoms with Crippen molar-refractivity contribution in [1.29, 1.82) is 0 Å². The Hall–Kier alpha value is -0.990. The third-order valence-electron chi connectivity index (χ3n) is 3.63. The number of nitrogens with one attached hydrogen (secondary N) is 1. The van der Waals surface area contributed by atoms with Crippen molar-refractivity contribution in [2.45, 2.75) is 36.5 Å². The topological polar surface area (TPSA) is 99.2 Å². The molecule has 1 saturated carbocycles. The summed E-state index contributed by atoms with van der Waals surface area (Å²) in [6.45, 7) is 0.567. The summed E-state index contributed by atoms with van der Waals surface area (Å²) >= 11 is 0. The lowest BCUT2D eigenvalue weighted by molar-refractivity contribution is -0.0161. The Morgan fingerprint density at radius 1 is 1.50 bits per heavy atom. The summed E-state index contributed by atoms with van der Waals surface area (Å²) < 4.78 is 25.8. The number of nitrogens with zero attached hydrogens (tertiary/aromatic N) is 3. The molecule has 2 fully saturated rings. The summed E-state index contributed by atoms with van der Waals surface area (Å²) in [5.41, 5.74) is -0.800. The lowest BCUT2D eigenvalue weighted by atomic mass is 9.91. The highest BCUT2D eigenvalue weighted by Crippen LogP contribution is 2.36. The van der Waals surface area contributed by atoms with Gasteiger partial charge in [-0.1, -0.05) is 0 Å². The molecule has 0 spiro atoms. The molecule has 18 heavy (non-hydrogen) atoms. The van der Waals surface area contributed by atoms with Crippen molar-refractivity contribution in [3.8, 4) is 0 Å². The van der Waals surface area contributed by atoms with E-state index >= 15 is 0 Å². The van der Waals surface area contributed by atoms with Crippen LogP contribution in [0, 0.1) is 0 Å². The number of hydrogen-bond acceptors (Lipinski definition) is 5. The summed E-state index contributed by atoms with van der Waals surface area (Å²) in [6.07, 6.45) is 4.07. The molecule has 0 bridgehead atoms. The van der Waals surface area contributed by atoms with Crippen molar-refractivity contribution < 1.29 is 13.5 Å². The van der Waals surface area contributed by atoms with Crippen molar-refractivity contribution in [3.63, 3.8) is 0 Å². The van der Waals surface area contributed by atoms with Gasteiger partial charge in [0, 0.05) is 13.1 Å². The second-order valence-corrected chi connectivity index (χ2v) is 7.28. The van der Waals surface area contributed by atoms with Crippen LogP contribution >= 0.6 is 0 Å². The zero-order valence-corrected chi connectivity index (χ0v) is 10.7. The molecule has 1 unspecified atom stereocenters.